The van der Waals surface area contributed by atoms with E-state index in [9.17, 15) is 8.76 Å². The fourth-order valence-electron chi connectivity index (χ4n) is 3.01. The van der Waals surface area contributed by atoms with Crippen molar-refractivity contribution < 1.29 is 8.76 Å². The number of hydrogen-bond donors (Lipinski definition) is 2. The van der Waals surface area contributed by atoms with Crippen LogP contribution in [0, 0.1) is 0 Å². The fraction of sp³-hybridized carbons (Fsp3) is 0.429. The van der Waals surface area contributed by atoms with Gasteiger partial charge in [-0.05, 0) is 23.9 Å². The second kappa shape index (κ2) is 7.27. The smallest absolute Gasteiger partial charge is 0.243 e. The fourth-order valence-corrected chi connectivity index (χ4v) is 3.85. The average molecular weight is 396 g/mol. The highest BCUT2D eigenvalue weighted by Crippen LogP contribution is 2.28. The highest BCUT2D eigenvalue weighted by atomic mass is 35.5. The zero-order valence-corrected chi connectivity index (χ0v) is 15.2. The van der Waals surface area contributed by atoms with Gasteiger partial charge in [0.15, 0.2) is 5.65 Å². The summed E-state index contributed by atoms with van der Waals surface area (Å²) in [6.45, 7) is 1.43. The number of H-pyrrole nitrogens is 1. The summed E-state index contributed by atoms with van der Waals surface area (Å²) in [5, 5.41) is 14.7. The van der Waals surface area contributed by atoms with E-state index in [4.69, 9.17) is 11.6 Å². The Labute approximate surface area is 156 Å². The third-order valence-electron chi connectivity index (χ3n) is 4.31. The first kappa shape index (κ1) is 17.3. The molecule has 1 saturated heterocycles. The Morgan fingerprint density at radius 1 is 1.42 bits per heavy atom. The molecule has 1 aliphatic heterocycles. The molecule has 1 unspecified atom stereocenters. The quantitative estimate of drug-likeness (QED) is 0.609. The summed E-state index contributed by atoms with van der Waals surface area (Å²) in [6, 6.07) is 0.184. The van der Waals surface area contributed by atoms with Crippen LogP contribution < -0.4 is 5.32 Å². The lowest BCUT2D eigenvalue weighted by Crippen LogP contribution is -2.40. The first-order valence-corrected chi connectivity index (χ1v) is 9.67. The molecule has 1 aliphatic rings. The zero-order valence-electron chi connectivity index (χ0n) is 13.6. The summed E-state index contributed by atoms with van der Waals surface area (Å²) in [6.07, 6.45) is 6.55. The number of nitrogens with one attached hydrogen (secondary N) is 2. The molecule has 10 nitrogen and oxygen atoms in total. The van der Waals surface area contributed by atoms with Crippen molar-refractivity contribution in [1.82, 2.24) is 34.7 Å². The largest absolute Gasteiger partial charge is 0.771 e. The van der Waals surface area contributed by atoms with Gasteiger partial charge in [-0.1, -0.05) is 11.6 Å². The zero-order chi connectivity index (χ0) is 18.1. The number of halogens is 1. The summed E-state index contributed by atoms with van der Waals surface area (Å²) in [7, 11) is 0. The first-order valence-electron chi connectivity index (χ1n) is 8.05. The minimum Gasteiger partial charge on any atom is -0.771 e. The van der Waals surface area contributed by atoms with Gasteiger partial charge in [-0.25, -0.2) is 4.98 Å². The standard InChI is InChI=1S/C14H17ClN8O2S/c15-11-12(9-5-17-18-6-9)16-7-23-13(11)20-14(21-23)19-10-1-3-22(4-2-10)8-26(24)25/h5-7,10H,1-4,8H2,(H,17,18)(H,19,21)(H,24,25)/p-1. The minimum absolute atomic E-state index is 0.0808. The van der Waals surface area contributed by atoms with Gasteiger partial charge in [-0.3, -0.25) is 14.2 Å². The SMILES string of the molecule is O=S([O-])CN1CCC(Nc2nc3c(Cl)c(-c4cn[nH]c4)ncn3n2)CC1. The molecule has 2 N–H and O–H groups in total. The normalized spacial score (nSPS) is 17.6. The molecule has 0 amide bonds. The number of nitrogens with zero attached hydrogens (tertiary/aromatic N) is 6. The van der Waals surface area contributed by atoms with Crippen molar-refractivity contribution >= 4 is 34.3 Å². The van der Waals surface area contributed by atoms with Gasteiger partial charge in [0.1, 0.15) is 11.3 Å². The van der Waals surface area contributed by atoms with Gasteiger partial charge in [0, 0.05) is 30.9 Å². The third kappa shape index (κ3) is 3.56. The Hall–Kier alpha value is -2.08. The Morgan fingerprint density at radius 3 is 2.92 bits per heavy atom. The molecule has 0 radical (unpaired) electrons. The van der Waals surface area contributed by atoms with Crippen LogP contribution in [0.1, 0.15) is 12.8 Å². The van der Waals surface area contributed by atoms with Gasteiger partial charge >= 0.3 is 0 Å². The molecular weight excluding hydrogens is 380 g/mol. The Balaban J connectivity index is 1.48. The van der Waals surface area contributed by atoms with E-state index in [2.05, 4.69) is 30.6 Å². The van der Waals surface area contributed by atoms with Crippen LogP contribution in [-0.4, -0.2) is 68.4 Å². The van der Waals surface area contributed by atoms with E-state index >= 15 is 0 Å². The molecule has 3 aromatic heterocycles. The van der Waals surface area contributed by atoms with E-state index < -0.39 is 11.1 Å². The molecule has 0 aromatic carbocycles. The van der Waals surface area contributed by atoms with Gasteiger partial charge in [-0.15, -0.1) is 5.10 Å². The number of likely N-dealkylation sites (tertiary alicyclic amines) is 1. The molecule has 4 heterocycles. The molecule has 4 rings (SSSR count). The second-order valence-corrected chi connectivity index (χ2v) is 7.31. The summed E-state index contributed by atoms with van der Waals surface area (Å²) in [5.41, 5.74) is 1.88. The molecule has 12 heteroatoms. The lowest BCUT2D eigenvalue weighted by atomic mass is 10.1. The van der Waals surface area contributed by atoms with Crippen LogP contribution in [0.4, 0.5) is 5.95 Å². The maximum Gasteiger partial charge on any atom is 0.243 e. The van der Waals surface area contributed by atoms with Gasteiger partial charge in [0.25, 0.3) is 0 Å². The van der Waals surface area contributed by atoms with Crippen molar-refractivity contribution in [3.05, 3.63) is 23.7 Å². The molecular formula is C14H16ClN8O2S-. The van der Waals surface area contributed by atoms with Gasteiger partial charge in [0.2, 0.25) is 5.95 Å². The van der Waals surface area contributed by atoms with Crippen molar-refractivity contribution in [3.8, 4) is 11.3 Å². The second-order valence-electron chi connectivity index (χ2n) is 6.07. The number of piperidine rings is 1. The predicted molar refractivity (Wildman–Crippen MR) is 95.4 cm³/mol. The number of fused-ring (bicyclic) bond motifs is 1. The Kier molecular flexibility index (Phi) is 4.85. The van der Waals surface area contributed by atoms with Crippen molar-refractivity contribution in [2.24, 2.45) is 0 Å². The van der Waals surface area contributed by atoms with Crippen LogP contribution >= 0.6 is 11.6 Å². The minimum atomic E-state index is -2.04. The topological polar surface area (TPSA) is 127 Å². The van der Waals surface area contributed by atoms with Gasteiger partial charge in [0.05, 0.1) is 17.8 Å². The molecule has 0 saturated carbocycles. The van der Waals surface area contributed by atoms with E-state index in [0.717, 1.165) is 18.4 Å². The summed E-state index contributed by atoms with van der Waals surface area (Å²) in [4.78, 5) is 10.7. The van der Waals surface area contributed by atoms with Crippen molar-refractivity contribution in [1.29, 1.82) is 0 Å². The number of anilines is 1. The molecule has 0 spiro atoms. The van der Waals surface area contributed by atoms with Crippen molar-refractivity contribution in [3.63, 3.8) is 0 Å². The van der Waals surface area contributed by atoms with Crippen molar-refractivity contribution in [2.45, 2.75) is 18.9 Å². The predicted octanol–water partition coefficient (Wildman–Crippen LogP) is 0.881. The van der Waals surface area contributed by atoms with E-state index in [-0.39, 0.29) is 11.9 Å². The van der Waals surface area contributed by atoms with E-state index in [1.165, 1.54) is 4.52 Å². The first-order chi connectivity index (χ1) is 12.6. The lowest BCUT2D eigenvalue weighted by molar-refractivity contribution is 0.247. The maximum atomic E-state index is 10.8. The van der Waals surface area contributed by atoms with Crippen molar-refractivity contribution in [2.75, 3.05) is 24.3 Å². The Bertz CT molecular complexity index is 923. The van der Waals surface area contributed by atoms with Crippen LogP contribution in [0.2, 0.25) is 5.02 Å². The van der Waals surface area contributed by atoms with Crippen LogP contribution in [0.15, 0.2) is 18.7 Å². The highest BCUT2D eigenvalue weighted by molar-refractivity contribution is 7.79. The maximum absolute atomic E-state index is 10.8. The molecule has 0 aliphatic carbocycles. The molecule has 138 valence electrons. The van der Waals surface area contributed by atoms with Crippen LogP contribution in [0.25, 0.3) is 16.9 Å². The third-order valence-corrected chi connectivity index (χ3v) is 5.24. The Morgan fingerprint density at radius 2 is 2.23 bits per heavy atom. The van der Waals surface area contributed by atoms with E-state index in [1.54, 1.807) is 18.7 Å². The summed E-state index contributed by atoms with van der Waals surface area (Å²) in [5.74, 6) is 0.557. The summed E-state index contributed by atoms with van der Waals surface area (Å²) >= 11 is 4.39. The lowest BCUT2D eigenvalue weighted by Gasteiger charge is -2.32. The van der Waals surface area contributed by atoms with Crippen LogP contribution in [0.3, 0.4) is 0 Å². The number of aromatic nitrogens is 6. The van der Waals surface area contributed by atoms with Crippen LogP contribution in [-0.2, 0) is 11.1 Å². The van der Waals surface area contributed by atoms with E-state index in [0.29, 0.717) is 35.4 Å². The molecule has 0 bridgehead atoms. The highest BCUT2D eigenvalue weighted by Gasteiger charge is 2.21. The summed E-state index contributed by atoms with van der Waals surface area (Å²) < 4.78 is 23.1. The molecule has 3 aromatic rings. The van der Waals surface area contributed by atoms with Gasteiger partial charge in [-0.2, -0.15) is 14.6 Å². The average Bonchev–Trinajstić information content (AvgIpc) is 3.26. The van der Waals surface area contributed by atoms with E-state index in [1.807, 2.05) is 4.90 Å². The monoisotopic (exact) mass is 395 g/mol. The van der Waals surface area contributed by atoms with Gasteiger partial charge < -0.3 is 9.87 Å². The number of hydrogen-bond acceptors (Lipinski definition) is 8. The number of rotatable bonds is 5. The van der Waals surface area contributed by atoms with Crippen LogP contribution in [0.5, 0.6) is 0 Å². The molecule has 1 atom stereocenters. The molecule has 26 heavy (non-hydrogen) atoms. The number of aromatic amines is 1. The molecule has 1 fully saturated rings.